The number of alkyl carbamates (subject to hydrolysis) is 1. The zero-order valence-electron chi connectivity index (χ0n) is 14.1. The Bertz CT molecular complexity index is 727. The van der Waals surface area contributed by atoms with Gasteiger partial charge in [0.15, 0.2) is 0 Å². The summed E-state index contributed by atoms with van der Waals surface area (Å²) in [6.07, 6.45) is 3.90. The van der Waals surface area contributed by atoms with Crippen LogP contribution in [0.4, 0.5) is 9.18 Å². The maximum Gasteiger partial charge on any atom is 0.408 e. The zero-order chi connectivity index (χ0) is 17.4. The molecule has 128 valence electrons. The van der Waals surface area contributed by atoms with E-state index in [1.54, 1.807) is 18.3 Å². The third-order valence-electron chi connectivity index (χ3n) is 4.13. The molecule has 5 nitrogen and oxygen atoms in total. The van der Waals surface area contributed by atoms with Crippen LogP contribution in [0.25, 0.3) is 11.3 Å². The second-order valence-electron chi connectivity index (χ2n) is 7.21. The standard InChI is InChI=1S/C18H22FN3O2/c1-17(2,3)24-16(23)22-18(9-4-10-18)15-20-11-14(21-15)12-5-7-13(19)8-6-12/h5-8,11H,4,9-10H2,1-3H3,(H,20,21)(H,22,23). The maximum atomic E-state index is 13.1. The Morgan fingerprint density at radius 2 is 1.96 bits per heavy atom. The Morgan fingerprint density at radius 1 is 1.29 bits per heavy atom. The van der Waals surface area contributed by atoms with Crippen molar-refractivity contribution in [2.45, 2.75) is 51.2 Å². The van der Waals surface area contributed by atoms with Crippen molar-refractivity contribution in [2.75, 3.05) is 0 Å². The van der Waals surface area contributed by atoms with Gasteiger partial charge in [-0.05, 0) is 69.9 Å². The largest absolute Gasteiger partial charge is 0.444 e. The lowest BCUT2D eigenvalue weighted by molar-refractivity contribution is 0.0366. The lowest BCUT2D eigenvalue weighted by atomic mass is 9.76. The molecule has 24 heavy (non-hydrogen) atoms. The third kappa shape index (κ3) is 3.42. The third-order valence-corrected chi connectivity index (χ3v) is 4.13. The summed E-state index contributed by atoms with van der Waals surface area (Å²) >= 11 is 0. The fourth-order valence-corrected chi connectivity index (χ4v) is 2.79. The Hall–Kier alpha value is -2.37. The number of ether oxygens (including phenoxy) is 1. The summed E-state index contributed by atoms with van der Waals surface area (Å²) in [6.45, 7) is 5.50. The van der Waals surface area contributed by atoms with Gasteiger partial charge in [0.05, 0.1) is 11.9 Å². The van der Waals surface area contributed by atoms with Gasteiger partial charge in [-0.1, -0.05) is 0 Å². The first-order chi connectivity index (χ1) is 11.3. The van der Waals surface area contributed by atoms with Crippen LogP contribution in [0.1, 0.15) is 45.9 Å². The van der Waals surface area contributed by atoms with Gasteiger partial charge in [0.2, 0.25) is 0 Å². The molecule has 1 fully saturated rings. The Balaban J connectivity index is 1.79. The summed E-state index contributed by atoms with van der Waals surface area (Å²) < 4.78 is 18.4. The predicted octanol–water partition coefficient (Wildman–Crippen LogP) is 4.12. The molecule has 1 aliphatic rings. The molecule has 2 N–H and O–H groups in total. The highest BCUT2D eigenvalue weighted by Gasteiger charge is 2.43. The minimum Gasteiger partial charge on any atom is -0.444 e. The molecule has 2 aromatic rings. The Labute approximate surface area is 140 Å². The van der Waals surface area contributed by atoms with Crippen molar-refractivity contribution in [1.82, 2.24) is 15.3 Å². The van der Waals surface area contributed by atoms with Gasteiger partial charge >= 0.3 is 6.09 Å². The van der Waals surface area contributed by atoms with E-state index < -0.39 is 17.2 Å². The first-order valence-electron chi connectivity index (χ1n) is 8.10. The van der Waals surface area contributed by atoms with E-state index >= 15 is 0 Å². The lowest BCUT2D eigenvalue weighted by Gasteiger charge is -2.40. The van der Waals surface area contributed by atoms with Crippen LogP contribution in [0, 0.1) is 5.82 Å². The minimum absolute atomic E-state index is 0.277. The second-order valence-corrected chi connectivity index (χ2v) is 7.21. The van der Waals surface area contributed by atoms with E-state index in [9.17, 15) is 9.18 Å². The molecule has 1 aromatic heterocycles. The fraction of sp³-hybridized carbons (Fsp3) is 0.444. The maximum absolute atomic E-state index is 13.1. The highest BCUT2D eigenvalue weighted by Crippen LogP contribution is 2.40. The van der Waals surface area contributed by atoms with E-state index in [0.29, 0.717) is 5.82 Å². The van der Waals surface area contributed by atoms with Crippen molar-refractivity contribution in [3.05, 3.63) is 42.1 Å². The molecule has 1 aliphatic carbocycles. The van der Waals surface area contributed by atoms with Crippen molar-refractivity contribution in [3.8, 4) is 11.3 Å². The zero-order valence-corrected chi connectivity index (χ0v) is 14.1. The molecule has 0 unspecified atom stereocenters. The molecule has 1 saturated carbocycles. The van der Waals surface area contributed by atoms with Crippen LogP contribution in [0.5, 0.6) is 0 Å². The normalized spacial score (nSPS) is 16.3. The van der Waals surface area contributed by atoms with Crippen molar-refractivity contribution in [2.24, 2.45) is 0 Å². The van der Waals surface area contributed by atoms with E-state index in [1.165, 1.54) is 12.1 Å². The lowest BCUT2D eigenvalue weighted by Crippen LogP contribution is -2.52. The van der Waals surface area contributed by atoms with Crippen LogP contribution in [0.15, 0.2) is 30.5 Å². The number of amides is 1. The fourth-order valence-electron chi connectivity index (χ4n) is 2.79. The van der Waals surface area contributed by atoms with Gasteiger partial charge in [0, 0.05) is 0 Å². The van der Waals surface area contributed by atoms with Crippen LogP contribution in [0.2, 0.25) is 0 Å². The van der Waals surface area contributed by atoms with E-state index in [4.69, 9.17) is 4.74 Å². The minimum atomic E-state index is -0.544. The summed E-state index contributed by atoms with van der Waals surface area (Å²) in [5.74, 6) is 0.430. The van der Waals surface area contributed by atoms with Gasteiger partial charge in [0.1, 0.15) is 22.8 Å². The van der Waals surface area contributed by atoms with Crippen molar-refractivity contribution in [1.29, 1.82) is 0 Å². The summed E-state index contributed by atoms with van der Waals surface area (Å²) in [6, 6.07) is 6.21. The van der Waals surface area contributed by atoms with Gasteiger partial charge in [-0.15, -0.1) is 0 Å². The number of aromatic nitrogens is 2. The van der Waals surface area contributed by atoms with E-state index in [2.05, 4.69) is 15.3 Å². The highest BCUT2D eigenvalue weighted by molar-refractivity contribution is 5.69. The Morgan fingerprint density at radius 3 is 2.50 bits per heavy atom. The topological polar surface area (TPSA) is 67.0 Å². The molecule has 0 aliphatic heterocycles. The molecular formula is C18H22FN3O2. The average molecular weight is 331 g/mol. The monoisotopic (exact) mass is 331 g/mol. The number of rotatable bonds is 3. The van der Waals surface area contributed by atoms with Gasteiger partial charge in [-0.25, -0.2) is 14.2 Å². The van der Waals surface area contributed by atoms with Crippen LogP contribution in [0.3, 0.4) is 0 Å². The highest BCUT2D eigenvalue weighted by atomic mass is 19.1. The van der Waals surface area contributed by atoms with Crippen molar-refractivity contribution < 1.29 is 13.9 Å². The number of benzene rings is 1. The van der Waals surface area contributed by atoms with E-state index in [0.717, 1.165) is 30.5 Å². The number of carbonyl (C=O) groups is 1. The van der Waals surface area contributed by atoms with Gasteiger partial charge in [-0.2, -0.15) is 0 Å². The number of hydrogen-bond donors (Lipinski definition) is 2. The van der Waals surface area contributed by atoms with E-state index in [1.807, 2.05) is 20.8 Å². The summed E-state index contributed by atoms with van der Waals surface area (Å²) in [5, 5.41) is 2.96. The second kappa shape index (κ2) is 5.92. The van der Waals surface area contributed by atoms with Crippen LogP contribution >= 0.6 is 0 Å². The molecule has 1 aromatic carbocycles. The smallest absolute Gasteiger partial charge is 0.408 e. The van der Waals surface area contributed by atoms with Crippen LogP contribution in [-0.4, -0.2) is 21.7 Å². The molecule has 0 atom stereocenters. The number of nitrogens with one attached hydrogen (secondary N) is 2. The van der Waals surface area contributed by atoms with Gasteiger partial charge in [0.25, 0.3) is 0 Å². The van der Waals surface area contributed by atoms with Crippen LogP contribution < -0.4 is 5.32 Å². The SMILES string of the molecule is CC(C)(C)OC(=O)NC1(c2ncc(-c3ccc(F)cc3)[nH]2)CCC1. The number of nitrogens with zero attached hydrogens (tertiary/aromatic N) is 1. The number of H-pyrrole nitrogens is 1. The summed E-state index contributed by atoms with van der Waals surface area (Å²) in [5.41, 5.74) is 0.585. The van der Waals surface area contributed by atoms with E-state index in [-0.39, 0.29) is 5.82 Å². The molecule has 1 heterocycles. The average Bonchev–Trinajstić information content (AvgIpc) is 2.91. The molecule has 6 heteroatoms. The molecule has 0 bridgehead atoms. The predicted molar refractivity (Wildman–Crippen MR) is 88.9 cm³/mol. The molecular weight excluding hydrogens is 309 g/mol. The number of hydrogen-bond acceptors (Lipinski definition) is 3. The van der Waals surface area contributed by atoms with Crippen LogP contribution in [-0.2, 0) is 10.3 Å². The number of imidazole rings is 1. The summed E-state index contributed by atoms with van der Waals surface area (Å²) in [4.78, 5) is 19.8. The Kier molecular flexibility index (Phi) is 4.07. The molecule has 0 radical (unpaired) electrons. The quantitative estimate of drug-likeness (QED) is 0.889. The molecule has 0 saturated heterocycles. The van der Waals surface area contributed by atoms with Crippen molar-refractivity contribution >= 4 is 6.09 Å². The molecule has 3 rings (SSSR count). The number of halogens is 1. The number of aromatic amines is 1. The van der Waals surface area contributed by atoms with Gasteiger partial charge < -0.3 is 15.0 Å². The number of carbonyl (C=O) groups excluding carboxylic acids is 1. The first-order valence-corrected chi connectivity index (χ1v) is 8.10. The van der Waals surface area contributed by atoms with Gasteiger partial charge in [-0.3, -0.25) is 0 Å². The summed E-state index contributed by atoms with van der Waals surface area (Å²) in [7, 11) is 0. The first kappa shape index (κ1) is 16.5. The van der Waals surface area contributed by atoms with Crippen molar-refractivity contribution in [3.63, 3.8) is 0 Å². The molecule has 0 spiro atoms. The molecule has 1 amide bonds.